The van der Waals surface area contributed by atoms with E-state index in [2.05, 4.69) is 25.4 Å². The smallest absolute Gasteiger partial charge is 0.281 e. The van der Waals surface area contributed by atoms with E-state index < -0.39 is 0 Å². The molecule has 0 atom stereocenters. The number of aromatic nitrogens is 6. The topological polar surface area (TPSA) is 101 Å². The molecular formula is C15H14N6O2. The van der Waals surface area contributed by atoms with Gasteiger partial charge in [-0.15, -0.1) is 5.10 Å². The predicted octanol–water partition coefficient (Wildman–Crippen LogP) is 1.50. The maximum absolute atomic E-state index is 13.1. The van der Waals surface area contributed by atoms with Crippen LogP contribution in [-0.2, 0) is 4.74 Å². The summed E-state index contributed by atoms with van der Waals surface area (Å²) in [6, 6.07) is 1.94. The SMILES string of the molecule is O=c1c2nncc2c2[nH][nH]c3ccnc(c32)n1C1CCOCC1. The molecule has 0 spiro atoms. The summed E-state index contributed by atoms with van der Waals surface area (Å²) in [6.45, 7) is 1.30. The molecule has 0 saturated carbocycles. The van der Waals surface area contributed by atoms with Crippen molar-refractivity contribution in [2.45, 2.75) is 18.9 Å². The second kappa shape index (κ2) is 4.63. The van der Waals surface area contributed by atoms with Crippen LogP contribution in [-0.4, -0.2) is 43.2 Å². The van der Waals surface area contributed by atoms with Gasteiger partial charge >= 0.3 is 0 Å². The number of ether oxygens (including phenoxy) is 1. The van der Waals surface area contributed by atoms with Crippen LogP contribution in [0.3, 0.4) is 0 Å². The van der Waals surface area contributed by atoms with Gasteiger partial charge in [0.15, 0.2) is 5.52 Å². The summed E-state index contributed by atoms with van der Waals surface area (Å²) < 4.78 is 7.21. The lowest BCUT2D eigenvalue weighted by Crippen LogP contribution is -2.28. The van der Waals surface area contributed by atoms with Crippen LogP contribution in [0.2, 0.25) is 0 Å². The Bertz CT molecular complexity index is 1090. The molecule has 0 bridgehead atoms. The van der Waals surface area contributed by atoms with Gasteiger partial charge in [-0.25, -0.2) is 4.98 Å². The Kier molecular flexibility index (Phi) is 2.57. The number of nitrogens with one attached hydrogen (secondary N) is 2. The molecule has 1 fully saturated rings. The fourth-order valence-corrected chi connectivity index (χ4v) is 3.47. The molecule has 0 aromatic carbocycles. The van der Waals surface area contributed by atoms with Gasteiger partial charge in [-0.05, 0) is 18.9 Å². The summed E-state index contributed by atoms with van der Waals surface area (Å²) in [5, 5.41) is 15.9. The van der Waals surface area contributed by atoms with Crippen LogP contribution in [0.5, 0.6) is 0 Å². The molecule has 4 aromatic rings. The first-order valence-electron chi connectivity index (χ1n) is 7.63. The van der Waals surface area contributed by atoms with Crippen molar-refractivity contribution in [1.82, 2.24) is 29.9 Å². The van der Waals surface area contributed by atoms with Crippen molar-refractivity contribution in [2.24, 2.45) is 0 Å². The van der Waals surface area contributed by atoms with Crippen LogP contribution in [0.4, 0.5) is 0 Å². The number of hydrogen-bond donors (Lipinski definition) is 2. The Hall–Kier alpha value is -2.74. The standard InChI is InChI=1S/C15H14N6O2/c22-15-13-9(7-17-19-13)12-11-10(18-20-12)1-4-16-14(11)21(15)8-2-5-23-6-3-8/h1,4,7-8,18,20H,2-3,5-6H2. The summed E-state index contributed by atoms with van der Waals surface area (Å²) >= 11 is 0. The average Bonchev–Trinajstić information content (AvgIpc) is 3.20. The molecule has 8 heteroatoms. The van der Waals surface area contributed by atoms with Gasteiger partial charge in [0.1, 0.15) is 5.65 Å². The Balaban J connectivity index is 2.03. The number of H-pyrrole nitrogens is 2. The van der Waals surface area contributed by atoms with Crippen LogP contribution < -0.4 is 5.56 Å². The van der Waals surface area contributed by atoms with Gasteiger partial charge in [-0.1, -0.05) is 0 Å². The molecule has 2 N–H and O–H groups in total. The monoisotopic (exact) mass is 310 g/mol. The van der Waals surface area contributed by atoms with Crippen molar-refractivity contribution >= 4 is 33.0 Å². The van der Waals surface area contributed by atoms with Gasteiger partial charge in [0, 0.05) is 25.5 Å². The highest BCUT2D eigenvalue weighted by atomic mass is 16.5. The maximum atomic E-state index is 13.1. The van der Waals surface area contributed by atoms with Gasteiger partial charge < -0.3 is 4.74 Å². The second-order valence-corrected chi connectivity index (χ2v) is 5.81. The molecule has 116 valence electrons. The van der Waals surface area contributed by atoms with Crippen LogP contribution in [0.15, 0.2) is 23.3 Å². The molecule has 5 heterocycles. The van der Waals surface area contributed by atoms with E-state index in [-0.39, 0.29) is 11.6 Å². The highest BCUT2D eigenvalue weighted by Crippen LogP contribution is 2.29. The third kappa shape index (κ3) is 1.69. The minimum atomic E-state index is -0.144. The molecule has 0 unspecified atom stereocenters. The minimum Gasteiger partial charge on any atom is -0.381 e. The maximum Gasteiger partial charge on any atom is 0.281 e. The summed E-state index contributed by atoms with van der Waals surface area (Å²) in [5.41, 5.74) is 2.61. The lowest BCUT2D eigenvalue weighted by molar-refractivity contribution is 0.0698. The zero-order chi connectivity index (χ0) is 15.4. The summed E-state index contributed by atoms with van der Waals surface area (Å²) in [4.78, 5) is 17.6. The third-order valence-corrected chi connectivity index (χ3v) is 4.58. The van der Waals surface area contributed by atoms with Crippen molar-refractivity contribution in [2.75, 3.05) is 13.2 Å². The van der Waals surface area contributed by atoms with Gasteiger partial charge in [0.05, 0.1) is 28.0 Å². The van der Waals surface area contributed by atoms with Gasteiger partial charge in [-0.3, -0.25) is 19.6 Å². The highest BCUT2D eigenvalue weighted by molar-refractivity contribution is 6.13. The molecule has 0 aliphatic carbocycles. The van der Waals surface area contributed by atoms with Crippen molar-refractivity contribution < 1.29 is 4.74 Å². The van der Waals surface area contributed by atoms with Gasteiger partial charge in [-0.2, -0.15) is 5.10 Å². The summed E-state index contributed by atoms with van der Waals surface area (Å²) in [5.74, 6) is 0. The van der Waals surface area contributed by atoms with Crippen LogP contribution >= 0.6 is 0 Å². The second-order valence-electron chi connectivity index (χ2n) is 5.81. The van der Waals surface area contributed by atoms with Crippen LogP contribution in [0.25, 0.3) is 33.0 Å². The molecule has 0 amide bonds. The Morgan fingerprint density at radius 2 is 2.13 bits per heavy atom. The Labute approximate surface area is 129 Å². The molecular weight excluding hydrogens is 296 g/mol. The molecule has 1 aliphatic rings. The number of hydrogen-bond acceptors (Lipinski definition) is 5. The lowest BCUT2D eigenvalue weighted by Gasteiger charge is -2.24. The first-order chi connectivity index (χ1) is 11.3. The van der Waals surface area contributed by atoms with E-state index in [0.29, 0.717) is 29.8 Å². The number of aromatic amines is 2. The van der Waals surface area contributed by atoms with Crippen molar-refractivity contribution in [1.29, 1.82) is 0 Å². The number of nitrogens with zero attached hydrogens (tertiary/aromatic N) is 4. The average molecular weight is 310 g/mol. The zero-order valence-electron chi connectivity index (χ0n) is 12.2. The van der Waals surface area contributed by atoms with E-state index in [1.807, 2.05) is 6.07 Å². The normalized spacial score (nSPS) is 16.7. The van der Waals surface area contributed by atoms with E-state index in [1.54, 1.807) is 17.0 Å². The predicted molar refractivity (Wildman–Crippen MR) is 84.4 cm³/mol. The molecule has 4 aromatic heterocycles. The Morgan fingerprint density at radius 1 is 1.26 bits per heavy atom. The Morgan fingerprint density at radius 3 is 3.00 bits per heavy atom. The molecule has 1 saturated heterocycles. The molecule has 8 nitrogen and oxygen atoms in total. The van der Waals surface area contributed by atoms with E-state index in [4.69, 9.17) is 4.74 Å². The molecule has 5 rings (SSSR count). The van der Waals surface area contributed by atoms with Crippen molar-refractivity contribution in [3.63, 3.8) is 0 Å². The third-order valence-electron chi connectivity index (χ3n) is 4.58. The van der Waals surface area contributed by atoms with Gasteiger partial charge in [0.2, 0.25) is 0 Å². The first-order valence-corrected chi connectivity index (χ1v) is 7.63. The molecule has 1 aliphatic heterocycles. The first kappa shape index (κ1) is 12.8. The number of pyridine rings is 1. The lowest BCUT2D eigenvalue weighted by atomic mass is 10.1. The fraction of sp³-hybridized carbons (Fsp3) is 0.333. The summed E-state index contributed by atoms with van der Waals surface area (Å²) in [7, 11) is 0. The molecule has 23 heavy (non-hydrogen) atoms. The quantitative estimate of drug-likeness (QED) is 0.555. The zero-order valence-corrected chi connectivity index (χ0v) is 12.2. The van der Waals surface area contributed by atoms with Crippen molar-refractivity contribution in [3.05, 3.63) is 28.8 Å². The van der Waals surface area contributed by atoms with E-state index >= 15 is 0 Å². The fourth-order valence-electron chi connectivity index (χ4n) is 3.47. The van der Waals surface area contributed by atoms with Crippen LogP contribution in [0.1, 0.15) is 18.9 Å². The number of rotatable bonds is 1. The largest absolute Gasteiger partial charge is 0.381 e. The van der Waals surface area contributed by atoms with E-state index in [1.165, 1.54) is 0 Å². The van der Waals surface area contributed by atoms with Crippen LogP contribution in [0, 0.1) is 0 Å². The molecule has 0 radical (unpaired) electrons. The van der Waals surface area contributed by atoms with Gasteiger partial charge in [0.25, 0.3) is 5.56 Å². The highest BCUT2D eigenvalue weighted by Gasteiger charge is 2.23. The van der Waals surface area contributed by atoms with E-state index in [0.717, 1.165) is 29.3 Å². The van der Waals surface area contributed by atoms with Crippen molar-refractivity contribution in [3.8, 4) is 0 Å². The summed E-state index contributed by atoms with van der Waals surface area (Å²) in [6.07, 6.45) is 4.91. The van der Waals surface area contributed by atoms with E-state index in [9.17, 15) is 4.79 Å². The minimum absolute atomic E-state index is 0.0553. The number of fused-ring (bicyclic) bond motifs is 2.